The van der Waals surface area contributed by atoms with Crippen molar-refractivity contribution in [3.05, 3.63) is 65.0 Å². The maximum atomic E-state index is 13.4. The number of halogens is 5. The van der Waals surface area contributed by atoms with Crippen molar-refractivity contribution in [1.82, 2.24) is 0 Å². The molecule has 1 saturated heterocycles. The van der Waals surface area contributed by atoms with Gasteiger partial charge in [-0.05, 0) is 43.4 Å². The second-order valence-corrected chi connectivity index (χ2v) is 7.60. The predicted octanol–water partition coefficient (Wildman–Crippen LogP) is 5.92. The van der Waals surface area contributed by atoms with Gasteiger partial charge >= 0.3 is 6.18 Å². The molecule has 4 nitrogen and oxygen atoms in total. The average molecular weight is 472 g/mol. The van der Waals surface area contributed by atoms with Crippen molar-refractivity contribution >= 4 is 63.5 Å². The number of alkyl halides is 5. The number of amides is 1. The minimum Gasteiger partial charge on any atom is -0.300 e. The monoisotopic (exact) mass is 471 g/mol. The van der Waals surface area contributed by atoms with Crippen LogP contribution in [0.15, 0.2) is 42.5 Å². The topological polar surface area (TPSA) is 27.9 Å². The molecule has 0 saturated carbocycles. The Hall–Kier alpha value is -2.34. The lowest BCUT2D eigenvalue weighted by Gasteiger charge is -2.32. The Kier molecular flexibility index (Phi) is 6.01. The van der Waals surface area contributed by atoms with Gasteiger partial charge in [0.1, 0.15) is 0 Å². The van der Waals surface area contributed by atoms with Crippen LogP contribution in [-0.4, -0.2) is 28.3 Å². The molecule has 0 radical (unpaired) electrons. The average Bonchev–Trinajstić information content (AvgIpc) is 2.94. The number of carbonyl (C=O) groups excluding carboxylic acids is 1. The van der Waals surface area contributed by atoms with Crippen molar-refractivity contribution in [2.24, 2.45) is 0 Å². The number of hydrogen-bond donors (Lipinski definition) is 0. The zero-order valence-electron chi connectivity index (χ0n) is 15.5. The molecular weight excluding hydrogens is 458 g/mol. The highest BCUT2D eigenvalue weighted by molar-refractivity contribution is 7.81. The van der Waals surface area contributed by atoms with E-state index in [-0.39, 0.29) is 22.6 Å². The number of carbonyl (C=O) groups is 1. The summed E-state index contributed by atoms with van der Waals surface area (Å²) in [4.78, 5) is 18.7. The number of anilines is 2. The number of rotatable bonds is 4. The standard InChI is InChI=1S/C20H14Cl2F3N3OS/c1-12-3-5-13(6-4-12)28-18(30)27(17(29)19(28,10-21)11-22)14-7-8-16(26-2)15(9-14)20(23,24)25/h3-9H,10-11H2,1H3. The van der Waals surface area contributed by atoms with Gasteiger partial charge in [0.2, 0.25) is 0 Å². The summed E-state index contributed by atoms with van der Waals surface area (Å²) in [5.41, 5.74) is -1.79. The largest absolute Gasteiger partial charge is 0.407 e. The fourth-order valence-corrected chi connectivity index (χ4v) is 4.43. The Bertz CT molecular complexity index is 1050. The van der Waals surface area contributed by atoms with Crippen LogP contribution in [0.1, 0.15) is 11.1 Å². The Morgan fingerprint density at radius 2 is 1.67 bits per heavy atom. The van der Waals surface area contributed by atoms with Crippen LogP contribution in [0.3, 0.4) is 0 Å². The van der Waals surface area contributed by atoms with E-state index in [1.54, 1.807) is 12.1 Å². The Morgan fingerprint density at radius 3 is 2.17 bits per heavy atom. The molecule has 1 heterocycles. The van der Waals surface area contributed by atoms with E-state index in [2.05, 4.69) is 4.85 Å². The van der Waals surface area contributed by atoms with E-state index >= 15 is 0 Å². The van der Waals surface area contributed by atoms with Gasteiger partial charge in [0, 0.05) is 11.4 Å². The van der Waals surface area contributed by atoms with E-state index in [0.29, 0.717) is 5.69 Å². The molecule has 0 bridgehead atoms. The van der Waals surface area contributed by atoms with E-state index in [1.807, 2.05) is 19.1 Å². The number of nitrogens with zero attached hydrogens (tertiary/aromatic N) is 3. The summed E-state index contributed by atoms with van der Waals surface area (Å²) < 4.78 is 40.3. The molecule has 10 heteroatoms. The van der Waals surface area contributed by atoms with Crippen LogP contribution in [0.2, 0.25) is 0 Å². The highest BCUT2D eigenvalue weighted by Gasteiger charge is 2.56. The van der Waals surface area contributed by atoms with E-state index in [1.165, 1.54) is 11.0 Å². The molecule has 0 unspecified atom stereocenters. The van der Waals surface area contributed by atoms with Crippen molar-refractivity contribution < 1.29 is 18.0 Å². The zero-order chi connectivity index (χ0) is 22.3. The van der Waals surface area contributed by atoms with Gasteiger partial charge in [-0.2, -0.15) is 13.2 Å². The number of benzene rings is 2. The summed E-state index contributed by atoms with van der Waals surface area (Å²) in [5.74, 6) is -1.10. The first-order valence-electron chi connectivity index (χ1n) is 8.57. The Balaban J connectivity index is 2.18. The third-order valence-electron chi connectivity index (χ3n) is 4.81. The first-order chi connectivity index (χ1) is 14.1. The van der Waals surface area contributed by atoms with Gasteiger partial charge < -0.3 is 4.90 Å². The molecule has 1 fully saturated rings. The highest BCUT2D eigenvalue weighted by Crippen LogP contribution is 2.42. The molecule has 0 aromatic heterocycles. The van der Waals surface area contributed by atoms with Crippen LogP contribution in [0.4, 0.5) is 30.2 Å². The maximum absolute atomic E-state index is 13.4. The van der Waals surface area contributed by atoms with E-state index in [4.69, 9.17) is 42.0 Å². The van der Waals surface area contributed by atoms with Crippen molar-refractivity contribution in [2.45, 2.75) is 18.6 Å². The minimum atomic E-state index is -4.77. The molecule has 1 aliphatic heterocycles. The van der Waals surface area contributed by atoms with Crippen molar-refractivity contribution in [1.29, 1.82) is 0 Å². The first-order valence-corrected chi connectivity index (χ1v) is 10.0. The van der Waals surface area contributed by atoms with Crippen LogP contribution in [0.25, 0.3) is 4.85 Å². The summed E-state index contributed by atoms with van der Waals surface area (Å²) in [6.45, 7) is 8.87. The van der Waals surface area contributed by atoms with Crippen LogP contribution in [0, 0.1) is 13.5 Å². The van der Waals surface area contributed by atoms with Crippen molar-refractivity contribution in [3.8, 4) is 0 Å². The summed E-state index contributed by atoms with van der Waals surface area (Å²) in [6.07, 6.45) is -4.77. The molecular formula is C20H14Cl2F3N3OS. The Morgan fingerprint density at radius 1 is 1.10 bits per heavy atom. The molecule has 0 spiro atoms. The predicted molar refractivity (Wildman–Crippen MR) is 116 cm³/mol. The van der Waals surface area contributed by atoms with E-state index < -0.39 is 28.9 Å². The van der Waals surface area contributed by atoms with E-state index in [9.17, 15) is 18.0 Å². The normalized spacial score (nSPS) is 16.2. The molecule has 30 heavy (non-hydrogen) atoms. The molecule has 0 N–H and O–H groups in total. The smallest absolute Gasteiger partial charge is 0.300 e. The number of hydrogen-bond acceptors (Lipinski definition) is 2. The minimum absolute atomic E-state index is 0.0474. The van der Waals surface area contributed by atoms with Crippen LogP contribution in [-0.2, 0) is 11.0 Å². The second-order valence-electron chi connectivity index (χ2n) is 6.70. The van der Waals surface area contributed by atoms with Gasteiger partial charge in [0.05, 0.1) is 23.9 Å². The molecule has 2 aromatic carbocycles. The molecule has 2 aromatic rings. The lowest BCUT2D eigenvalue weighted by atomic mass is 10.0. The molecule has 1 aliphatic rings. The molecule has 156 valence electrons. The molecule has 0 aliphatic carbocycles. The number of thiocarbonyl (C=S) groups is 1. The van der Waals surface area contributed by atoms with Crippen LogP contribution < -0.4 is 9.80 Å². The fraction of sp³-hybridized carbons (Fsp3) is 0.250. The molecule has 1 amide bonds. The lowest BCUT2D eigenvalue weighted by molar-refractivity contribution is -0.136. The van der Waals surface area contributed by atoms with Crippen molar-refractivity contribution in [3.63, 3.8) is 0 Å². The summed E-state index contributed by atoms with van der Waals surface area (Å²) >= 11 is 17.8. The SMILES string of the molecule is [C-]#[N+]c1ccc(N2C(=O)C(CCl)(CCl)N(c3ccc(C)cc3)C2=S)cc1C(F)(F)F. The van der Waals surface area contributed by atoms with Gasteiger partial charge in [0.15, 0.2) is 16.3 Å². The summed E-state index contributed by atoms with van der Waals surface area (Å²) in [6, 6.07) is 10.1. The highest BCUT2D eigenvalue weighted by atomic mass is 35.5. The third-order valence-corrected chi connectivity index (χ3v) is 6.06. The fourth-order valence-electron chi connectivity index (χ4n) is 3.21. The summed E-state index contributed by atoms with van der Waals surface area (Å²) in [5, 5.41) is -0.0474. The van der Waals surface area contributed by atoms with Crippen molar-refractivity contribution in [2.75, 3.05) is 21.6 Å². The van der Waals surface area contributed by atoms with Crippen LogP contribution >= 0.6 is 35.4 Å². The van der Waals surface area contributed by atoms with Gasteiger partial charge in [-0.1, -0.05) is 23.8 Å². The lowest BCUT2D eigenvalue weighted by Crippen LogP contribution is -2.53. The molecule has 0 atom stereocenters. The maximum Gasteiger partial charge on any atom is 0.407 e. The van der Waals surface area contributed by atoms with Gasteiger partial charge in [-0.15, -0.1) is 23.2 Å². The second kappa shape index (κ2) is 8.06. The first kappa shape index (κ1) is 22.3. The van der Waals surface area contributed by atoms with Gasteiger partial charge in [-0.3, -0.25) is 9.69 Å². The summed E-state index contributed by atoms with van der Waals surface area (Å²) in [7, 11) is 0. The van der Waals surface area contributed by atoms with Gasteiger partial charge in [0.25, 0.3) is 5.91 Å². The zero-order valence-corrected chi connectivity index (χ0v) is 17.8. The van der Waals surface area contributed by atoms with E-state index in [0.717, 1.165) is 22.6 Å². The third kappa shape index (κ3) is 3.51. The molecule has 3 rings (SSSR count). The number of aryl methyl sites for hydroxylation is 1. The quantitative estimate of drug-likeness (QED) is 0.314. The van der Waals surface area contributed by atoms with Crippen LogP contribution in [0.5, 0.6) is 0 Å². The Labute approximate surface area is 186 Å². The van der Waals surface area contributed by atoms with Gasteiger partial charge in [-0.25, -0.2) is 4.85 Å².